The Balaban J connectivity index is 0. The molecule has 0 aliphatic heterocycles. The summed E-state index contributed by atoms with van der Waals surface area (Å²) in [7, 11) is -1.50. The second-order valence-corrected chi connectivity index (χ2v) is 12.3. The molecule has 0 N–H and O–H groups in total. The average Bonchev–Trinajstić information content (AvgIpc) is 2.73. The first kappa shape index (κ1) is 27.7. The maximum Gasteiger partial charge on any atom is 4.00 e. The van der Waals surface area contributed by atoms with Crippen molar-refractivity contribution in [2.75, 3.05) is 0 Å². The van der Waals surface area contributed by atoms with Crippen LogP contribution in [0.4, 0.5) is 0 Å². The maximum absolute atomic E-state index is 2.59. The Hall–Kier alpha value is 0.501. The van der Waals surface area contributed by atoms with Crippen molar-refractivity contribution in [1.82, 2.24) is 0 Å². The van der Waals surface area contributed by atoms with Crippen molar-refractivity contribution in [2.24, 2.45) is 17.8 Å². The minimum absolute atomic E-state index is 0. The monoisotopic (exact) mass is 448 g/mol. The fourth-order valence-corrected chi connectivity index (χ4v) is 9.00. The van der Waals surface area contributed by atoms with Crippen LogP contribution in [0, 0.1) is 38.0 Å². The summed E-state index contributed by atoms with van der Waals surface area (Å²) in [6.07, 6.45) is 11.9. The molecular formula is C20H27Cl3SiTi. The van der Waals surface area contributed by atoms with E-state index in [-0.39, 0.29) is 58.9 Å². The van der Waals surface area contributed by atoms with Crippen LogP contribution < -0.4 is 42.4 Å². The van der Waals surface area contributed by atoms with Crippen LogP contribution in [0.2, 0.25) is 18.6 Å². The van der Waals surface area contributed by atoms with Gasteiger partial charge in [0.15, 0.2) is 0 Å². The molecule has 2 aliphatic carbocycles. The Morgan fingerprint density at radius 3 is 1.96 bits per heavy atom. The van der Waals surface area contributed by atoms with E-state index in [1.165, 1.54) is 11.1 Å². The second kappa shape index (κ2) is 10.7. The van der Waals surface area contributed by atoms with Gasteiger partial charge in [0.05, 0.1) is 8.07 Å². The zero-order valence-electron chi connectivity index (χ0n) is 15.6. The third-order valence-electron chi connectivity index (χ3n) is 5.53. The van der Waals surface area contributed by atoms with Crippen molar-refractivity contribution >= 4 is 13.3 Å². The fraction of sp³-hybridized carbons (Fsp3) is 0.450. The summed E-state index contributed by atoms with van der Waals surface area (Å²) in [5.41, 5.74) is 3.64. The number of halogens is 3. The van der Waals surface area contributed by atoms with E-state index >= 15 is 0 Å². The van der Waals surface area contributed by atoms with Crippen molar-refractivity contribution in [3.63, 3.8) is 0 Å². The summed E-state index contributed by atoms with van der Waals surface area (Å²) in [5, 5.41) is 1.63. The first-order valence-corrected chi connectivity index (χ1v) is 11.3. The Bertz CT molecular complexity index is 593. The number of hydrogen-bond donors (Lipinski definition) is 0. The molecule has 4 unspecified atom stereocenters. The van der Waals surface area contributed by atoms with Gasteiger partial charge in [-0.3, -0.25) is 0 Å². The predicted molar refractivity (Wildman–Crippen MR) is 95.5 cm³/mol. The first-order chi connectivity index (χ1) is 9.89. The van der Waals surface area contributed by atoms with Gasteiger partial charge in [-0.25, -0.2) is 0 Å². The summed E-state index contributed by atoms with van der Waals surface area (Å²) in [6.45, 7) is 12.0. The Labute approximate surface area is 188 Å². The minimum Gasteiger partial charge on any atom is -1.00 e. The molecule has 136 valence electrons. The van der Waals surface area contributed by atoms with Crippen molar-refractivity contribution in [3.05, 3.63) is 60.1 Å². The Kier molecular flexibility index (Phi) is 11.9. The molecule has 1 saturated carbocycles. The largest absolute Gasteiger partial charge is 4.00 e. The van der Waals surface area contributed by atoms with Crippen LogP contribution in [0.5, 0.6) is 0 Å². The van der Waals surface area contributed by atoms with E-state index in [4.69, 9.17) is 0 Å². The van der Waals surface area contributed by atoms with Crippen LogP contribution >= 0.6 is 0 Å². The molecule has 1 fully saturated rings. The van der Waals surface area contributed by atoms with Crippen molar-refractivity contribution < 1.29 is 58.9 Å². The van der Waals surface area contributed by atoms with Crippen molar-refractivity contribution in [1.29, 1.82) is 0 Å². The number of rotatable bonds is 2. The molecule has 0 bridgehead atoms. The molecule has 0 aromatic heterocycles. The third-order valence-corrected chi connectivity index (χ3v) is 9.88. The van der Waals surface area contributed by atoms with Crippen LogP contribution in [-0.2, 0) is 21.7 Å². The minimum atomic E-state index is -1.50. The number of aryl methyl sites for hydroxylation is 2. The molecule has 3 rings (SSSR count). The van der Waals surface area contributed by atoms with Crippen LogP contribution in [0.1, 0.15) is 18.1 Å². The topological polar surface area (TPSA) is 0 Å². The van der Waals surface area contributed by atoms with Crippen LogP contribution in [-0.4, -0.2) is 8.07 Å². The molecule has 0 amide bonds. The Morgan fingerprint density at radius 1 is 0.880 bits per heavy atom. The summed E-state index contributed by atoms with van der Waals surface area (Å²) in [5.74, 6) is 2.09. The van der Waals surface area contributed by atoms with Gasteiger partial charge in [-0.1, -0.05) is 78.3 Å². The molecule has 0 spiro atoms. The van der Waals surface area contributed by atoms with Crippen LogP contribution in [0.25, 0.3) is 0 Å². The van der Waals surface area contributed by atoms with E-state index in [0.29, 0.717) is 11.8 Å². The maximum atomic E-state index is 2.59. The Morgan fingerprint density at radius 2 is 1.40 bits per heavy atom. The van der Waals surface area contributed by atoms with Crippen LogP contribution in [0.15, 0.2) is 42.5 Å². The van der Waals surface area contributed by atoms with Crippen molar-refractivity contribution in [3.8, 4) is 0 Å². The molecule has 0 radical (unpaired) electrons. The number of allylic oxidation sites excluding steroid dienone is 4. The van der Waals surface area contributed by atoms with Gasteiger partial charge in [0.1, 0.15) is 0 Å². The zero-order valence-corrected chi connectivity index (χ0v) is 20.4. The van der Waals surface area contributed by atoms with Gasteiger partial charge in [-0.2, -0.15) is 5.92 Å². The van der Waals surface area contributed by atoms with E-state index in [1.54, 1.807) is 5.19 Å². The standard InChI is InChI=1S/C20H27Si.3ClH.Ti/c1-14-10-15(2)12-18(11-14)21(4,5)20-16(3)13-17-8-6-7-9-19(17)20;;;;/h6-13,16-17,19-20H,1-5H3;3*1H;/q-1;;;;+4/p-3. The molecule has 0 saturated heterocycles. The van der Waals surface area contributed by atoms with Crippen LogP contribution in [0.3, 0.4) is 0 Å². The van der Waals surface area contributed by atoms with E-state index < -0.39 is 8.07 Å². The molecule has 0 heterocycles. The molecule has 2 aliphatic rings. The quantitative estimate of drug-likeness (QED) is 0.317. The summed E-state index contributed by atoms with van der Waals surface area (Å²) in [4.78, 5) is 0. The van der Waals surface area contributed by atoms with Gasteiger partial charge in [0, 0.05) is 0 Å². The average molecular weight is 450 g/mol. The van der Waals surface area contributed by atoms with E-state index in [1.807, 2.05) is 0 Å². The van der Waals surface area contributed by atoms with Crippen molar-refractivity contribution in [2.45, 2.75) is 39.4 Å². The molecule has 1 aromatic carbocycles. The van der Waals surface area contributed by atoms with Gasteiger partial charge in [-0.05, 0) is 19.8 Å². The fourth-order valence-electron chi connectivity index (χ4n) is 4.69. The third kappa shape index (κ3) is 5.50. The van der Waals surface area contributed by atoms with Gasteiger partial charge in [-0.15, -0.1) is 12.0 Å². The summed E-state index contributed by atoms with van der Waals surface area (Å²) >= 11 is 0. The van der Waals surface area contributed by atoms with Gasteiger partial charge in [0.2, 0.25) is 0 Å². The molecule has 5 heteroatoms. The van der Waals surface area contributed by atoms with E-state index in [0.717, 1.165) is 11.5 Å². The second-order valence-electron chi connectivity index (χ2n) is 7.60. The smallest absolute Gasteiger partial charge is 1.00 e. The summed E-state index contributed by atoms with van der Waals surface area (Å²) < 4.78 is 0. The molecular weight excluding hydrogens is 423 g/mol. The van der Waals surface area contributed by atoms with Gasteiger partial charge in [0.25, 0.3) is 0 Å². The van der Waals surface area contributed by atoms with E-state index in [2.05, 4.69) is 82.8 Å². The molecule has 4 atom stereocenters. The number of hydrogen-bond acceptors (Lipinski definition) is 0. The van der Waals surface area contributed by atoms with E-state index in [9.17, 15) is 0 Å². The normalized spacial score (nSPS) is 26.4. The SMILES string of the molecule is Cc1cc(C)cc([Si](C)(C)C2C(C)[CH-]C3C=CC=CC32)c1.[Cl-].[Cl-].[Cl-].[Ti+4]. The zero-order chi connectivity index (χ0) is 15.2. The summed E-state index contributed by atoms with van der Waals surface area (Å²) in [6, 6.07) is 7.19. The number of fused-ring (bicyclic) bond motifs is 1. The first-order valence-electron chi connectivity index (χ1n) is 8.18. The molecule has 25 heavy (non-hydrogen) atoms. The predicted octanol–water partition coefficient (Wildman–Crippen LogP) is -4.19. The van der Waals surface area contributed by atoms with Gasteiger partial charge < -0.3 is 43.6 Å². The molecule has 1 aromatic rings. The molecule has 0 nitrogen and oxygen atoms in total. The van der Waals surface area contributed by atoms with Gasteiger partial charge >= 0.3 is 21.7 Å². The number of benzene rings is 1.